The van der Waals surface area contributed by atoms with E-state index in [0.717, 1.165) is 21.8 Å². The summed E-state index contributed by atoms with van der Waals surface area (Å²) in [5.41, 5.74) is 2.69. The Labute approximate surface area is 149 Å². The number of carbonyl (C=O) groups is 1. The van der Waals surface area contributed by atoms with Crippen molar-refractivity contribution in [3.05, 3.63) is 70.7 Å². The number of aromatic nitrogens is 1. The van der Waals surface area contributed by atoms with Gasteiger partial charge in [-0.15, -0.1) is 11.3 Å². The van der Waals surface area contributed by atoms with E-state index in [9.17, 15) is 4.79 Å². The molecule has 0 saturated carbocycles. The standard InChI is InChI=1S/C18H16ClN3OS/c1-22(12-14-4-2-3-5-16(14)19)18(23)21-15-8-6-13(7-9-15)17-20-10-11-24-17/h2-11H,12H2,1H3,(H,21,23). The molecule has 3 aromatic rings. The molecule has 24 heavy (non-hydrogen) atoms. The van der Waals surface area contributed by atoms with Crippen molar-refractivity contribution in [2.75, 3.05) is 12.4 Å². The largest absolute Gasteiger partial charge is 0.323 e. The first-order chi connectivity index (χ1) is 11.6. The van der Waals surface area contributed by atoms with E-state index in [-0.39, 0.29) is 6.03 Å². The van der Waals surface area contributed by atoms with Crippen molar-refractivity contribution in [3.63, 3.8) is 0 Å². The lowest BCUT2D eigenvalue weighted by Crippen LogP contribution is -2.30. The predicted molar refractivity (Wildman–Crippen MR) is 99.5 cm³/mol. The third-order valence-electron chi connectivity index (χ3n) is 3.53. The van der Waals surface area contributed by atoms with Gasteiger partial charge in [-0.25, -0.2) is 9.78 Å². The second kappa shape index (κ2) is 7.47. The molecule has 0 aliphatic heterocycles. The maximum Gasteiger partial charge on any atom is 0.321 e. The number of amides is 2. The van der Waals surface area contributed by atoms with Crippen LogP contribution in [0, 0.1) is 0 Å². The highest BCUT2D eigenvalue weighted by Crippen LogP contribution is 2.23. The zero-order valence-corrected chi connectivity index (χ0v) is 14.6. The zero-order chi connectivity index (χ0) is 16.9. The summed E-state index contributed by atoms with van der Waals surface area (Å²) >= 11 is 7.72. The second-order valence-electron chi connectivity index (χ2n) is 5.29. The van der Waals surface area contributed by atoms with E-state index in [1.807, 2.05) is 53.9 Å². The van der Waals surface area contributed by atoms with Crippen molar-refractivity contribution in [2.45, 2.75) is 6.54 Å². The van der Waals surface area contributed by atoms with Gasteiger partial charge in [0.15, 0.2) is 0 Å². The lowest BCUT2D eigenvalue weighted by Gasteiger charge is -2.18. The highest BCUT2D eigenvalue weighted by atomic mass is 35.5. The lowest BCUT2D eigenvalue weighted by atomic mass is 10.2. The number of urea groups is 1. The summed E-state index contributed by atoms with van der Waals surface area (Å²) in [6.45, 7) is 0.447. The number of hydrogen-bond acceptors (Lipinski definition) is 3. The summed E-state index contributed by atoms with van der Waals surface area (Å²) < 4.78 is 0. The van der Waals surface area contributed by atoms with Crippen molar-refractivity contribution in [2.24, 2.45) is 0 Å². The fourth-order valence-electron chi connectivity index (χ4n) is 2.23. The maximum absolute atomic E-state index is 12.3. The summed E-state index contributed by atoms with van der Waals surface area (Å²) in [5.74, 6) is 0. The number of thiazole rings is 1. The van der Waals surface area contributed by atoms with E-state index < -0.39 is 0 Å². The summed E-state index contributed by atoms with van der Waals surface area (Å²) in [4.78, 5) is 18.2. The minimum absolute atomic E-state index is 0.183. The molecule has 1 heterocycles. The molecular weight excluding hydrogens is 342 g/mol. The van der Waals surface area contributed by atoms with Crippen molar-refractivity contribution in [1.82, 2.24) is 9.88 Å². The van der Waals surface area contributed by atoms with Gasteiger partial charge in [0.05, 0.1) is 0 Å². The zero-order valence-electron chi connectivity index (χ0n) is 13.1. The van der Waals surface area contributed by atoms with Crippen LogP contribution in [0.25, 0.3) is 10.6 Å². The molecule has 0 aliphatic rings. The smallest absolute Gasteiger partial charge is 0.321 e. The Hall–Kier alpha value is -2.37. The quantitative estimate of drug-likeness (QED) is 0.703. The molecule has 2 amide bonds. The minimum atomic E-state index is -0.183. The van der Waals surface area contributed by atoms with Crippen molar-refractivity contribution < 1.29 is 4.79 Å². The average Bonchev–Trinajstić information content (AvgIpc) is 3.12. The summed E-state index contributed by atoms with van der Waals surface area (Å²) in [5, 5.41) is 6.44. The highest BCUT2D eigenvalue weighted by Gasteiger charge is 2.11. The van der Waals surface area contributed by atoms with E-state index in [2.05, 4.69) is 10.3 Å². The van der Waals surface area contributed by atoms with Gasteiger partial charge in [-0.05, 0) is 35.9 Å². The lowest BCUT2D eigenvalue weighted by molar-refractivity contribution is 0.220. The molecule has 4 nitrogen and oxygen atoms in total. The summed E-state index contributed by atoms with van der Waals surface area (Å²) in [6, 6.07) is 15.0. The monoisotopic (exact) mass is 357 g/mol. The number of benzene rings is 2. The van der Waals surface area contributed by atoms with E-state index in [4.69, 9.17) is 11.6 Å². The molecule has 0 radical (unpaired) electrons. The SMILES string of the molecule is CN(Cc1ccccc1Cl)C(=O)Nc1ccc(-c2nccs2)cc1. The van der Waals surface area contributed by atoms with Gasteiger partial charge in [0.2, 0.25) is 0 Å². The van der Waals surface area contributed by atoms with Crippen LogP contribution in [-0.2, 0) is 6.54 Å². The van der Waals surface area contributed by atoms with Crippen LogP contribution in [0.2, 0.25) is 5.02 Å². The molecule has 2 aromatic carbocycles. The summed E-state index contributed by atoms with van der Waals surface area (Å²) in [6.07, 6.45) is 1.78. The van der Waals surface area contributed by atoms with Gasteiger partial charge in [-0.1, -0.05) is 29.8 Å². The van der Waals surface area contributed by atoms with Crippen molar-refractivity contribution in [1.29, 1.82) is 0 Å². The predicted octanol–water partition coefficient (Wildman–Crippen LogP) is 5.13. The number of nitrogens with zero attached hydrogens (tertiary/aromatic N) is 2. The first-order valence-electron chi connectivity index (χ1n) is 7.39. The third kappa shape index (κ3) is 3.93. The molecule has 1 N–H and O–H groups in total. The fourth-order valence-corrected chi connectivity index (χ4v) is 3.07. The fraction of sp³-hybridized carbons (Fsp3) is 0.111. The number of nitrogens with one attached hydrogen (secondary N) is 1. The number of halogens is 1. The van der Waals surface area contributed by atoms with Gasteiger partial charge >= 0.3 is 6.03 Å². The van der Waals surface area contributed by atoms with Gasteiger partial charge in [-0.3, -0.25) is 0 Å². The Morgan fingerprint density at radius 1 is 1.21 bits per heavy atom. The number of rotatable bonds is 4. The topological polar surface area (TPSA) is 45.2 Å². The molecule has 0 atom stereocenters. The van der Waals surface area contributed by atoms with Crippen molar-refractivity contribution >= 4 is 34.7 Å². The first kappa shape index (κ1) is 16.5. The van der Waals surface area contributed by atoms with E-state index in [0.29, 0.717) is 11.6 Å². The molecule has 0 unspecified atom stereocenters. The van der Waals surface area contributed by atoms with Crippen LogP contribution in [0.4, 0.5) is 10.5 Å². The molecule has 0 fully saturated rings. The highest BCUT2D eigenvalue weighted by molar-refractivity contribution is 7.13. The van der Waals surface area contributed by atoms with Gasteiger partial charge in [0, 0.05) is 41.4 Å². The molecule has 1 aromatic heterocycles. The molecule has 0 spiro atoms. The molecule has 0 aliphatic carbocycles. The van der Waals surface area contributed by atoms with Gasteiger partial charge in [-0.2, -0.15) is 0 Å². The van der Waals surface area contributed by atoms with Crippen LogP contribution in [0.1, 0.15) is 5.56 Å². The van der Waals surface area contributed by atoms with E-state index in [1.165, 1.54) is 0 Å². The van der Waals surface area contributed by atoms with Crippen LogP contribution in [0.15, 0.2) is 60.1 Å². The van der Waals surface area contributed by atoms with Crippen LogP contribution < -0.4 is 5.32 Å². The van der Waals surface area contributed by atoms with Gasteiger partial charge in [0.25, 0.3) is 0 Å². The minimum Gasteiger partial charge on any atom is -0.323 e. The average molecular weight is 358 g/mol. The van der Waals surface area contributed by atoms with E-state index >= 15 is 0 Å². The Morgan fingerprint density at radius 3 is 2.62 bits per heavy atom. The third-order valence-corrected chi connectivity index (χ3v) is 4.72. The molecular formula is C18H16ClN3OS. The van der Waals surface area contributed by atoms with E-state index in [1.54, 1.807) is 29.5 Å². The number of anilines is 1. The molecule has 0 bridgehead atoms. The van der Waals surface area contributed by atoms with Crippen LogP contribution >= 0.6 is 22.9 Å². The van der Waals surface area contributed by atoms with Crippen molar-refractivity contribution in [3.8, 4) is 10.6 Å². The van der Waals surface area contributed by atoms with Crippen LogP contribution in [-0.4, -0.2) is 23.0 Å². The molecule has 3 rings (SSSR count). The Balaban J connectivity index is 1.63. The van der Waals surface area contributed by atoms with Gasteiger partial charge in [0.1, 0.15) is 5.01 Å². The Morgan fingerprint density at radius 2 is 1.96 bits per heavy atom. The molecule has 122 valence electrons. The van der Waals surface area contributed by atoms with Gasteiger partial charge < -0.3 is 10.2 Å². The second-order valence-corrected chi connectivity index (χ2v) is 6.59. The number of carbonyl (C=O) groups excluding carboxylic acids is 1. The summed E-state index contributed by atoms with van der Waals surface area (Å²) in [7, 11) is 1.74. The Bertz CT molecular complexity index is 819. The Kier molecular flexibility index (Phi) is 5.13. The first-order valence-corrected chi connectivity index (χ1v) is 8.65. The van der Waals surface area contributed by atoms with Crippen LogP contribution in [0.5, 0.6) is 0 Å². The van der Waals surface area contributed by atoms with Crippen LogP contribution in [0.3, 0.4) is 0 Å². The normalized spacial score (nSPS) is 10.4. The molecule has 0 saturated heterocycles. The molecule has 6 heteroatoms. The maximum atomic E-state index is 12.3. The number of hydrogen-bond donors (Lipinski definition) is 1.